The molecule has 0 rings (SSSR count). The molecule has 74 valence electrons. The van der Waals surface area contributed by atoms with Gasteiger partial charge in [-0.1, -0.05) is 6.92 Å². The summed E-state index contributed by atoms with van der Waals surface area (Å²) in [5, 5.41) is 2.89. The van der Waals surface area contributed by atoms with Crippen LogP contribution in [0.2, 0.25) is 0 Å². The lowest BCUT2D eigenvalue weighted by Gasteiger charge is -2.14. The molecule has 0 aromatic heterocycles. The van der Waals surface area contributed by atoms with Crippen LogP contribution in [0.15, 0.2) is 0 Å². The highest BCUT2D eigenvalue weighted by atomic mass is 32.2. The minimum Gasteiger partial charge on any atom is -0.383 e. The number of rotatable bonds is 6. The van der Waals surface area contributed by atoms with E-state index in [1.54, 1.807) is 21.1 Å². The molecule has 0 saturated carbocycles. The van der Waals surface area contributed by atoms with Crippen LogP contribution in [0.25, 0.3) is 0 Å². The van der Waals surface area contributed by atoms with E-state index in [1.807, 2.05) is 0 Å². The second kappa shape index (κ2) is 5.50. The van der Waals surface area contributed by atoms with E-state index in [-0.39, 0.29) is 17.5 Å². The summed E-state index contributed by atoms with van der Waals surface area (Å²) >= 11 is 0. The minimum atomic E-state index is -2.90. The quantitative estimate of drug-likeness (QED) is 0.630. The summed E-state index contributed by atoms with van der Waals surface area (Å²) in [6.45, 7) is 2.07. The molecule has 0 spiro atoms. The van der Waals surface area contributed by atoms with E-state index >= 15 is 0 Å². The molecule has 0 aromatic rings. The molecule has 0 amide bonds. The first-order valence-corrected chi connectivity index (χ1v) is 5.74. The maximum absolute atomic E-state index is 11.1. The third-order valence-corrected chi connectivity index (χ3v) is 3.46. The van der Waals surface area contributed by atoms with Crippen molar-refractivity contribution in [1.29, 1.82) is 0 Å². The fraction of sp³-hybridized carbons (Fsp3) is 1.00. The Balaban J connectivity index is 4.02. The normalized spacial score (nSPS) is 14.6. The molecule has 0 aliphatic carbocycles. The standard InChI is InChI=1S/C7H17NO3S/c1-4-12(9,10)6-7(8-2)5-11-3/h7-8H,4-6H2,1-3H3. The summed E-state index contributed by atoms with van der Waals surface area (Å²) < 4.78 is 27.2. The highest BCUT2D eigenvalue weighted by Crippen LogP contribution is 1.94. The average molecular weight is 195 g/mol. The summed E-state index contributed by atoms with van der Waals surface area (Å²) in [6.07, 6.45) is 0. The molecule has 0 aromatic carbocycles. The SMILES string of the molecule is CCS(=O)(=O)CC(COC)NC. The first-order chi connectivity index (χ1) is 5.55. The topological polar surface area (TPSA) is 55.4 Å². The number of hydrogen-bond donors (Lipinski definition) is 1. The van der Waals surface area contributed by atoms with Crippen molar-refractivity contribution in [3.05, 3.63) is 0 Å². The summed E-state index contributed by atoms with van der Waals surface area (Å²) in [7, 11) is 0.394. The Bertz CT molecular complexity index is 201. The second-order valence-corrected chi connectivity index (χ2v) is 5.04. The van der Waals surface area contributed by atoms with Gasteiger partial charge in [-0.15, -0.1) is 0 Å². The average Bonchev–Trinajstić information content (AvgIpc) is 2.03. The smallest absolute Gasteiger partial charge is 0.151 e. The Morgan fingerprint density at radius 3 is 2.42 bits per heavy atom. The van der Waals surface area contributed by atoms with E-state index in [2.05, 4.69) is 5.32 Å². The van der Waals surface area contributed by atoms with Gasteiger partial charge in [-0.05, 0) is 7.05 Å². The second-order valence-electron chi connectivity index (χ2n) is 2.64. The maximum atomic E-state index is 11.1. The predicted molar refractivity (Wildman–Crippen MR) is 49.1 cm³/mol. The van der Waals surface area contributed by atoms with Gasteiger partial charge in [-0.25, -0.2) is 8.42 Å². The van der Waals surface area contributed by atoms with Crippen LogP contribution in [-0.4, -0.2) is 46.7 Å². The maximum Gasteiger partial charge on any atom is 0.151 e. The molecule has 1 unspecified atom stereocenters. The van der Waals surface area contributed by atoms with Gasteiger partial charge < -0.3 is 10.1 Å². The number of methoxy groups -OCH3 is 1. The molecule has 0 heterocycles. The van der Waals surface area contributed by atoms with Crippen molar-refractivity contribution in [2.45, 2.75) is 13.0 Å². The summed E-state index contributed by atoms with van der Waals surface area (Å²) in [4.78, 5) is 0. The monoisotopic (exact) mass is 195 g/mol. The lowest BCUT2D eigenvalue weighted by Crippen LogP contribution is -2.37. The Kier molecular flexibility index (Phi) is 5.44. The Hall–Kier alpha value is -0.130. The van der Waals surface area contributed by atoms with E-state index in [0.717, 1.165) is 0 Å². The van der Waals surface area contributed by atoms with Gasteiger partial charge in [0.05, 0.1) is 12.4 Å². The predicted octanol–water partition coefficient (Wildman–Crippen LogP) is -0.344. The Morgan fingerprint density at radius 1 is 1.50 bits per heavy atom. The molecule has 1 atom stereocenters. The van der Waals surface area contributed by atoms with E-state index in [0.29, 0.717) is 6.61 Å². The van der Waals surface area contributed by atoms with Crippen molar-refractivity contribution in [1.82, 2.24) is 5.32 Å². The van der Waals surface area contributed by atoms with Crippen LogP contribution in [0.3, 0.4) is 0 Å². The van der Waals surface area contributed by atoms with Crippen LogP contribution in [-0.2, 0) is 14.6 Å². The molecular formula is C7H17NO3S. The molecular weight excluding hydrogens is 178 g/mol. The summed E-state index contributed by atoms with van der Waals surface area (Å²) in [5.74, 6) is 0.336. The zero-order valence-corrected chi connectivity index (χ0v) is 8.65. The van der Waals surface area contributed by atoms with Crippen LogP contribution in [0, 0.1) is 0 Å². The minimum absolute atomic E-state index is 0.0973. The fourth-order valence-electron chi connectivity index (χ4n) is 0.840. The van der Waals surface area contributed by atoms with E-state index < -0.39 is 9.84 Å². The van der Waals surface area contributed by atoms with E-state index in [1.165, 1.54) is 0 Å². The number of ether oxygens (including phenoxy) is 1. The van der Waals surface area contributed by atoms with Crippen LogP contribution < -0.4 is 5.32 Å². The molecule has 1 N–H and O–H groups in total. The Labute approximate surface area is 74.2 Å². The van der Waals surface area contributed by atoms with Gasteiger partial charge in [0.25, 0.3) is 0 Å². The van der Waals surface area contributed by atoms with E-state index in [9.17, 15) is 8.42 Å². The molecule has 0 radical (unpaired) electrons. The third kappa shape index (κ3) is 4.69. The van der Waals surface area contributed by atoms with Crippen molar-refractivity contribution in [2.75, 3.05) is 32.3 Å². The largest absolute Gasteiger partial charge is 0.383 e. The molecule has 0 aliphatic heterocycles. The van der Waals surface area contributed by atoms with Crippen molar-refractivity contribution in [3.63, 3.8) is 0 Å². The van der Waals surface area contributed by atoms with Crippen molar-refractivity contribution in [2.24, 2.45) is 0 Å². The van der Waals surface area contributed by atoms with Gasteiger partial charge in [0.2, 0.25) is 0 Å². The van der Waals surface area contributed by atoms with Gasteiger partial charge >= 0.3 is 0 Å². The number of sulfone groups is 1. The van der Waals surface area contributed by atoms with Crippen molar-refractivity contribution >= 4 is 9.84 Å². The van der Waals surface area contributed by atoms with Gasteiger partial charge in [0, 0.05) is 18.9 Å². The summed E-state index contributed by atoms with van der Waals surface area (Å²) in [6, 6.07) is -0.0973. The molecule has 0 aliphatic rings. The molecule has 12 heavy (non-hydrogen) atoms. The van der Waals surface area contributed by atoms with Crippen LogP contribution in [0.4, 0.5) is 0 Å². The van der Waals surface area contributed by atoms with Gasteiger partial charge in [0.15, 0.2) is 9.84 Å². The Morgan fingerprint density at radius 2 is 2.08 bits per heavy atom. The molecule has 0 bridgehead atoms. The van der Waals surface area contributed by atoms with E-state index in [4.69, 9.17) is 4.74 Å². The highest BCUT2D eigenvalue weighted by Gasteiger charge is 2.15. The first kappa shape index (κ1) is 11.9. The molecule has 5 heteroatoms. The number of likely N-dealkylation sites (N-methyl/N-ethyl adjacent to an activating group) is 1. The zero-order chi connectivity index (χ0) is 9.61. The van der Waals surface area contributed by atoms with Gasteiger partial charge in [0.1, 0.15) is 0 Å². The van der Waals surface area contributed by atoms with Gasteiger partial charge in [-0.2, -0.15) is 0 Å². The summed E-state index contributed by atoms with van der Waals surface area (Å²) in [5.41, 5.74) is 0. The molecule has 0 saturated heterocycles. The fourth-order valence-corrected chi connectivity index (χ4v) is 1.95. The third-order valence-electron chi connectivity index (χ3n) is 1.67. The molecule has 0 fully saturated rings. The number of hydrogen-bond acceptors (Lipinski definition) is 4. The number of nitrogens with one attached hydrogen (secondary N) is 1. The van der Waals surface area contributed by atoms with Crippen LogP contribution in [0.5, 0.6) is 0 Å². The lowest BCUT2D eigenvalue weighted by atomic mass is 10.4. The highest BCUT2D eigenvalue weighted by molar-refractivity contribution is 7.91. The van der Waals surface area contributed by atoms with Crippen molar-refractivity contribution < 1.29 is 13.2 Å². The zero-order valence-electron chi connectivity index (χ0n) is 7.83. The lowest BCUT2D eigenvalue weighted by molar-refractivity contribution is 0.176. The first-order valence-electron chi connectivity index (χ1n) is 3.92. The molecule has 4 nitrogen and oxygen atoms in total. The van der Waals surface area contributed by atoms with Crippen LogP contribution >= 0.6 is 0 Å². The van der Waals surface area contributed by atoms with Crippen molar-refractivity contribution in [3.8, 4) is 0 Å². The van der Waals surface area contributed by atoms with Crippen LogP contribution in [0.1, 0.15) is 6.92 Å². The van der Waals surface area contributed by atoms with Gasteiger partial charge in [-0.3, -0.25) is 0 Å².